The predicted octanol–water partition coefficient (Wildman–Crippen LogP) is 2.34. The number of nitrogens with one attached hydrogen (secondary N) is 1. The maximum atomic E-state index is 14.9. The summed E-state index contributed by atoms with van der Waals surface area (Å²) in [5, 5.41) is 26.1. The van der Waals surface area contributed by atoms with E-state index in [2.05, 4.69) is 10.4 Å². The molecule has 1 atom stereocenters. The van der Waals surface area contributed by atoms with Crippen molar-refractivity contribution >= 4 is 35.3 Å². The average Bonchev–Trinajstić information content (AvgIpc) is 3.69. The number of aromatic nitrogens is 2. The highest BCUT2D eigenvalue weighted by Crippen LogP contribution is 2.43. The topological polar surface area (TPSA) is 127 Å². The van der Waals surface area contributed by atoms with Crippen LogP contribution in [-0.4, -0.2) is 52.8 Å². The molecule has 4 N–H and O–H groups in total. The Morgan fingerprint density at radius 1 is 1.15 bits per heavy atom. The second-order valence-corrected chi connectivity index (χ2v) is 10.4. The molecule has 0 spiro atoms. The van der Waals surface area contributed by atoms with Crippen molar-refractivity contribution in [3.05, 3.63) is 88.6 Å². The van der Waals surface area contributed by atoms with Crippen LogP contribution >= 0.6 is 0 Å². The van der Waals surface area contributed by atoms with Crippen molar-refractivity contribution in [1.82, 2.24) is 19.2 Å². The van der Waals surface area contributed by atoms with Crippen LogP contribution in [0.25, 0.3) is 16.8 Å². The summed E-state index contributed by atoms with van der Waals surface area (Å²) in [6.07, 6.45) is 3.50. The van der Waals surface area contributed by atoms with Gasteiger partial charge in [0.15, 0.2) is 0 Å². The number of hydrogen-bond donors (Lipinski definition) is 4. The third kappa shape index (κ3) is 5.49. The number of halogens is 2. The van der Waals surface area contributed by atoms with Crippen molar-refractivity contribution in [3.63, 3.8) is 0 Å². The molecule has 39 heavy (non-hydrogen) atoms. The van der Waals surface area contributed by atoms with Gasteiger partial charge >= 0.3 is 7.12 Å². The highest BCUT2D eigenvalue weighted by atomic mass is 32.2. The molecule has 1 unspecified atom stereocenters. The van der Waals surface area contributed by atoms with Crippen molar-refractivity contribution < 1.29 is 32.4 Å². The van der Waals surface area contributed by atoms with E-state index in [1.54, 1.807) is 6.20 Å². The lowest BCUT2D eigenvalue weighted by Gasteiger charge is -2.21. The molecular formula is C26H25BF2N4O5S. The van der Waals surface area contributed by atoms with E-state index in [0.717, 1.165) is 22.7 Å². The van der Waals surface area contributed by atoms with Gasteiger partial charge in [0.1, 0.15) is 17.3 Å². The fraction of sp³-hybridized carbons (Fsp3) is 0.231. The van der Waals surface area contributed by atoms with E-state index in [1.165, 1.54) is 54.0 Å². The molecule has 2 aromatic carbocycles. The van der Waals surface area contributed by atoms with Crippen molar-refractivity contribution in [2.75, 3.05) is 7.05 Å². The molecule has 0 saturated heterocycles. The lowest BCUT2D eigenvalue weighted by atomic mass is 9.79. The summed E-state index contributed by atoms with van der Waals surface area (Å²) in [5.74, 6) is -1.47. The Morgan fingerprint density at radius 3 is 2.46 bits per heavy atom. The molecule has 1 aliphatic rings. The number of carbonyl (C=O) groups is 1. The molecule has 0 radical (unpaired) electrons. The Bertz CT molecular complexity index is 1580. The molecule has 2 aromatic heterocycles. The van der Waals surface area contributed by atoms with Gasteiger partial charge in [-0.1, -0.05) is 18.2 Å². The van der Waals surface area contributed by atoms with Crippen LogP contribution in [0.15, 0.2) is 54.7 Å². The van der Waals surface area contributed by atoms with Gasteiger partial charge in [0.05, 0.1) is 11.1 Å². The minimum atomic E-state index is -2.49. The molecule has 0 aliphatic heterocycles. The van der Waals surface area contributed by atoms with Gasteiger partial charge in [0, 0.05) is 42.9 Å². The first-order chi connectivity index (χ1) is 18.7. The Balaban J connectivity index is 1.58. The molecular weight excluding hydrogens is 529 g/mol. The molecule has 1 aliphatic carbocycles. The minimum Gasteiger partial charge on any atom is -0.423 e. The van der Waals surface area contributed by atoms with Crippen LogP contribution in [0.3, 0.4) is 0 Å². The molecule has 2 heterocycles. The van der Waals surface area contributed by atoms with Gasteiger partial charge in [-0.25, -0.2) is 17.5 Å². The van der Waals surface area contributed by atoms with Crippen LogP contribution in [0.1, 0.15) is 45.8 Å². The number of benzene rings is 2. The van der Waals surface area contributed by atoms with Gasteiger partial charge in [0.25, 0.3) is 5.91 Å². The van der Waals surface area contributed by atoms with Crippen molar-refractivity contribution in [3.8, 4) is 11.3 Å². The maximum Gasteiger partial charge on any atom is 0.491 e. The van der Waals surface area contributed by atoms with E-state index in [0.29, 0.717) is 27.9 Å². The molecule has 1 saturated carbocycles. The number of fused-ring (bicyclic) bond motifs is 1. The Kier molecular flexibility index (Phi) is 7.60. The molecule has 4 aromatic rings. The predicted molar refractivity (Wildman–Crippen MR) is 142 cm³/mol. The van der Waals surface area contributed by atoms with Gasteiger partial charge in [-0.15, -0.1) is 0 Å². The van der Waals surface area contributed by atoms with Crippen LogP contribution in [0.4, 0.5) is 8.78 Å². The second kappa shape index (κ2) is 10.9. The zero-order chi connectivity index (χ0) is 27.8. The van der Waals surface area contributed by atoms with E-state index in [1.807, 2.05) is 6.07 Å². The summed E-state index contributed by atoms with van der Waals surface area (Å²) < 4.78 is 53.4. The largest absolute Gasteiger partial charge is 0.491 e. The summed E-state index contributed by atoms with van der Waals surface area (Å²) >= 11 is -2.49. The van der Waals surface area contributed by atoms with Crippen LogP contribution in [-0.2, 0) is 24.4 Å². The molecule has 202 valence electrons. The number of rotatable bonds is 9. The first-order valence-corrected chi connectivity index (χ1v) is 13.3. The van der Waals surface area contributed by atoms with Gasteiger partial charge in [-0.3, -0.25) is 9.35 Å². The average molecular weight is 554 g/mol. The Morgan fingerprint density at radius 2 is 1.85 bits per heavy atom. The third-order valence-corrected chi connectivity index (χ3v) is 7.48. The first-order valence-electron chi connectivity index (χ1n) is 12.2. The summed E-state index contributed by atoms with van der Waals surface area (Å²) in [6, 6.07) is 11.6. The van der Waals surface area contributed by atoms with E-state index in [9.17, 15) is 32.4 Å². The van der Waals surface area contributed by atoms with E-state index >= 15 is 0 Å². The third-order valence-electron chi connectivity index (χ3n) is 6.78. The quantitative estimate of drug-likeness (QED) is 0.186. The zero-order valence-corrected chi connectivity index (χ0v) is 21.7. The normalized spacial score (nSPS) is 14.1. The molecule has 13 heteroatoms. The highest BCUT2D eigenvalue weighted by Gasteiger charge is 2.30. The number of amides is 1. The minimum absolute atomic E-state index is 0.0247. The van der Waals surface area contributed by atoms with Gasteiger partial charge in [-0.2, -0.15) is 9.40 Å². The monoisotopic (exact) mass is 554 g/mol. The van der Waals surface area contributed by atoms with Crippen LogP contribution in [0, 0.1) is 11.6 Å². The van der Waals surface area contributed by atoms with Crippen molar-refractivity contribution in [2.45, 2.75) is 31.8 Å². The molecule has 1 fully saturated rings. The van der Waals surface area contributed by atoms with Crippen molar-refractivity contribution in [2.24, 2.45) is 0 Å². The highest BCUT2D eigenvalue weighted by molar-refractivity contribution is 7.76. The number of carbonyl (C=O) groups excluding carboxylic acids is 1. The molecule has 1 amide bonds. The summed E-state index contributed by atoms with van der Waals surface area (Å²) in [6.45, 7) is -0.321. The second-order valence-electron chi connectivity index (χ2n) is 9.39. The lowest BCUT2D eigenvalue weighted by molar-refractivity contribution is 0.0965. The standard InChI is InChI=1S/C26H25BF2N4O5S/c1-30-26(34)23-22-11-20(15-5-6-15)18(14-33(22)31-25(23)16-7-9-19(28)10-8-16)13-32(39(37)38)12-17-3-2-4-21(24(17)29)27(35)36/h2-4,7-11,14-15,35-36H,5-6,12-13H2,1H3,(H,30,34)(H,37,38). The zero-order valence-electron chi connectivity index (χ0n) is 20.8. The van der Waals surface area contributed by atoms with E-state index < -0.39 is 30.0 Å². The molecule has 9 nitrogen and oxygen atoms in total. The fourth-order valence-corrected chi connectivity index (χ4v) is 5.18. The van der Waals surface area contributed by atoms with E-state index in [4.69, 9.17) is 0 Å². The van der Waals surface area contributed by atoms with Crippen LogP contribution < -0.4 is 10.8 Å². The SMILES string of the molecule is CNC(=O)c1c(-c2ccc(F)cc2)nn2cc(CN(Cc3cccc(B(O)O)c3F)S(=O)O)c(C3CC3)cc12. The van der Waals surface area contributed by atoms with Crippen molar-refractivity contribution in [1.29, 1.82) is 0 Å². The maximum absolute atomic E-state index is 14.9. The van der Waals surface area contributed by atoms with E-state index in [-0.39, 0.29) is 35.9 Å². The fourth-order valence-electron chi connectivity index (χ4n) is 4.68. The summed E-state index contributed by atoms with van der Waals surface area (Å²) in [7, 11) is -0.513. The van der Waals surface area contributed by atoms with Crippen LogP contribution in [0.5, 0.6) is 0 Å². The van der Waals surface area contributed by atoms with Gasteiger partial charge < -0.3 is 15.4 Å². The first kappa shape index (κ1) is 27.1. The van der Waals surface area contributed by atoms with Crippen LogP contribution in [0.2, 0.25) is 0 Å². The Hall–Kier alpha value is -3.49. The number of hydrogen-bond acceptors (Lipinski definition) is 5. The number of pyridine rings is 1. The Labute approximate surface area is 225 Å². The van der Waals surface area contributed by atoms with Gasteiger partial charge in [0.2, 0.25) is 11.3 Å². The van der Waals surface area contributed by atoms with Gasteiger partial charge in [-0.05, 0) is 60.2 Å². The smallest absolute Gasteiger partial charge is 0.423 e. The number of nitrogens with zero attached hydrogens (tertiary/aromatic N) is 3. The lowest BCUT2D eigenvalue weighted by Crippen LogP contribution is -2.34. The molecule has 5 rings (SSSR count). The molecule has 0 bridgehead atoms. The summed E-state index contributed by atoms with van der Waals surface area (Å²) in [5.41, 5.74) is 3.01. The summed E-state index contributed by atoms with van der Waals surface area (Å²) in [4.78, 5) is 12.9.